The summed E-state index contributed by atoms with van der Waals surface area (Å²) in [5.41, 5.74) is 14.4. The van der Waals surface area contributed by atoms with E-state index in [0.29, 0.717) is 48.0 Å². The van der Waals surface area contributed by atoms with Crippen LogP contribution in [0.25, 0.3) is 12.2 Å². The summed E-state index contributed by atoms with van der Waals surface area (Å²) in [4.78, 5) is 71.7. The maximum Gasteiger partial charge on any atom is 0.416 e. The van der Waals surface area contributed by atoms with Gasteiger partial charge >= 0.3 is 12.4 Å². The van der Waals surface area contributed by atoms with Gasteiger partial charge in [-0.2, -0.15) is 26.3 Å². The number of rotatable bonds is 11. The molecule has 3 saturated heterocycles. The van der Waals surface area contributed by atoms with Crippen molar-refractivity contribution < 1.29 is 69.3 Å². The maximum absolute atomic E-state index is 13.0. The van der Waals surface area contributed by atoms with Crippen molar-refractivity contribution in [1.82, 2.24) is 20.0 Å². The fourth-order valence-corrected chi connectivity index (χ4v) is 15.3. The molecule has 15 rings (SSSR count). The zero-order valence-corrected chi connectivity index (χ0v) is 66.5. The number of likely N-dealkylation sites (N-methyl/N-ethyl adjacent to an activating group) is 3. The van der Waals surface area contributed by atoms with Gasteiger partial charge in [-0.25, -0.2) is 0 Å². The summed E-state index contributed by atoms with van der Waals surface area (Å²) in [7, 11) is 13.0. The molecule has 0 radical (unpaired) electrons. The minimum atomic E-state index is -4.41. The molecule has 1 unspecified atom stereocenters. The predicted octanol–water partition coefficient (Wildman–Crippen LogP) is 16.9. The molecule has 4 aliphatic carbocycles. The van der Waals surface area contributed by atoms with Crippen molar-refractivity contribution >= 4 is 84.8 Å². The molecule has 0 bridgehead atoms. The molecule has 3 fully saturated rings. The standard InChI is InChI=1S/C23H28N2O2.C23H26N2O2.C18H12BrF3O2.C10H9BrO2.C8H5F3O.C5H12N2/c2*1-16-5-4-6-17(11-16)12-19-13-18-14-21(25-9-7-24(2)8-10-25)22(27-3)15-20(18)23(19)26;1-24-16-9-14-11(8-15(16)19)7-12(17(14)23)5-10-3-2-4-13(6-10)18(20,21)22;1-13-10-5-7-6(4-8(10)11)2-3-9(7)12;9-8(10,11)7-3-1-2-6(4-7)5-12;1-7-4-2-6-3-5-7/h4-6,11,14-15,19H,7-10,12-13H2,1-3H3;4-6,11-12,14-15H,7-10,13H2,1-3H3;2-6,8-9H,7H2,1H3;4-5H,2-3H2,1H3;1-5H;6H,2-5H2,1H3/b;19-12+;12-5+;;;. The number of anilines is 2. The average molecular weight is 1640 g/mol. The fourth-order valence-electron chi connectivity index (χ4n) is 14.2. The van der Waals surface area contributed by atoms with Crippen LogP contribution in [0.5, 0.6) is 23.0 Å². The third-order valence-electron chi connectivity index (χ3n) is 20.3. The Kier molecular flexibility index (Phi) is 28.5. The molecule has 8 aromatic carbocycles. The van der Waals surface area contributed by atoms with Crippen LogP contribution >= 0.6 is 31.9 Å². The molecule has 7 aliphatic rings. The molecular weight excluding hydrogens is 1550 g/mol. The Bertz CT molecular complexity index is 4730. The number of ketones is 4. The number of fused-ring (bicyclic) bond motifs is 4. The van der Waals surface area contributed by atoms with E-state index in [2.05, 4.69) is 145 Å². The zero-order valence-electron chi connectivity index (χ0n) is 63.3. The molecule has 0 aromatic heterocycles. The first-order valence-electron chi connectivity index (χ1n) is 36.5. The van der Waals surface area contributed by atoms with E-state index < -0.39 is 23.5 Å². The average Bonchev–Trinajstić information content (AvgIpc) is 1.63. The number of carbonyl (C=O) groups is 5. The third kappa shape index (κ3) is 21.5. The molecular formula is C87H92Br2F6N6O9. The highest BCUT2D eigenvalue weighted by molar-refractivity contribution is 9.11. The van der Waals surface area contributed by atoms with Crippen molar-refractivity contribution in [1.29, 1.82) is 0 Å². The lowest BCUT2D eigenvalue weighted by Gasteiger charge is -2.35. The summed E-state index contributed by atoms with van der Waals surface area (Å²) in [5, 5.41) is 3.27. The van der Waals surface area contributed by atoms with Gasteiger partial charge in [-0.05, 0) is 210 Å². The van der Waals surface area contributed by atoms with Crippen molar-refractivity contribution in [2.45, 2.75) is 64.7 Å². The highest BCUT2D eigenvalue weighted by atomic mass is 79.9. The van der Waals surface area contributed by atoms with Crippen LogP contribution in [-0.4, -0.2) is 172 Å². The van der Waals surface area contributed by atoms with E-state index >= 15 is 0 Å². The lowest BCUT2D eigenvalue weighted by molar-refractivity contribution is -0.138. The number of ether oxygens (including phenoxy) is 4. The second-order valence-electron chi connectivity index (χ2n) is 28.3. The Labute approximate surface area is 656 Å². The number of carbonyl (C=O) groups excluding carboxylic acids is 5. The first kappa shape index (κ1) is 83.2. The number of allylic oxidation sites excluding steroid dienone is 2. The zero-order chi connectivity index (χ0) is 79.1. The number of aldehydes is 1. The normalized spacial score (nSPS) is 17.5. The van der Waals surface area contributed by atoms with E-state index in [1.807, 2.05) is 42.5 Å². The Morgan fingerprint density at radius 1 is 0.464 bits per heavy atom. The molecule has 0 saturated carbocycles. The quantitative estimate of drug-likeness (QED) is 0.0742. The molecule has 3 aliphatic heterocycles. The van der Waals surface area contributed by atoms with Gasteiger partial charge in [-0.1, -0.05) is 83.9 Å². The second kappa shape index (κ2) is 37.7. The third-order valence-corrected chi connectivity index (χ3v) is 21.5. The van der Waals surface area contributed by atoms with Crippen LogP contribution in [0, 0.1) is 19.8 Å². The van der Waals surface area contributed by atoms with Gasteiger partial charge in [0.25, 0.3) is 0 Å². The maximum atomic E-state index is 13.0. The number of aryl methyl sites for hydroxylation is 3. The number of hydrogen-bond donors (Lipinski definition) is 1. The van der Waals surface area contributed by atoms with E-state index in [-0.39, 0.29) is 34.6 Å². The van der Waals surface area contributed by atoms with Crippen molar-refractivity contribution in [2.75, 3.05) is 138 Å². The highest BCUT2D eigenvalue weighted by Crippen LogP contribution is 2.42. The molecule has 0 spiro atoms. The number of nitrogens with one attached hydrogen (secondary N) is 1. The van der Waals surface area contributed by atoms with Crippen LogP contribution in [0.2, 0.25) is 0 Å². The van der Waals surface area contributed by atoms with E-state index in [0.717, 1.165) is 191 Å². The Morgan fingerprint density at radius 2 is 0.891 bits per heavy atom. The van der Waals surface area contributed by atoms with Crippen molar-refractivity contribution in [3.63, 3.8) is 0 Å². The van der Waals surface area contributed by atoms with Gasteiger partial charge in [0.1, 0.15) is 29.3 Å². The summed E-state index contributed by atoms with van der Waals surface area (Å²) in [6.07, 6.45) is -0.668. The van der Waals surface area contributed by atoms with E-state index in [1.54, 1.807) is 39.5 Å². The number of nitrogens with zero attached hydrogens (tertiary/aromatic N) is 5. The number of alkyl halides is 6. The van der Waals surface area contributed by atoms with Crippen molar-refractivity contribution in [3.8, 4) is 23.0 Å². The molecule has 580 valence electrons. The Balaban J connectivity index is 0.000000147. The van der Waals surface area contributed by atoms with Crippen LogP contribution in [0.4, 0.5) is 37.7 Å². The molecule has 15 nitrogen and oxygen atoms in total. The number of benzene rings is 8. The monoisotopic (exact) mass is 1640 g/mol. The van der Waals surface area contributed by atoms with Gasteiger partial charge in [0.2, 0.25) is 0 Å². The van der Waals surface area contributed by atoms with Gasteiger partial charge in [-0.15, -0.1) is 0 Å². The van der Waals surface area contributed by atoms with Crippen molar-refractivity contribution in [2.24, 2.45) is 5.92 Å². The molecule has 8 aromatic rings. The van der Waals surface area contributed by atoms with Crippen LogP contribution < -0.4 is 34.1 Å². The largest absolute Gasteiger partial charge is 0.496 e. The summed E-state index contributed by atoms with van der Waals surface area (Å²) in [6, 6.07) is 41.4. The molecule has 3 heterocycles. The summed E-state index contributed by atoms with van der Waals surface area (Å²) >= 11 is 6.76. The lowest BCUT2D eigenvalue weighted by atomic mass is 9.95. The molecule has 110 heavy (non-hydrogen) atoms. The molecule has 1 N–H and O–H groups in total. The van der Waals surface area contributed by atoms with Crippen LogP contribution in [0.1, 0.15) is 119 Å². The smallest absolute Gasteiger partial charge is 0.416 e. The number of hydrogen-bond acceptors (Lipinski definition) is 15. The number of methoxy groups -OCH3 is 4. The lowest BCUT2D eigenvalue weighted by Crippen LogP contribution is -2.44. The summed E-state index contributed by atoms with van der Waals surface area (Å²) in [5.74, 6) is 3.34. The molecule has 1 atom stereocenters. The number of Topliss-reactive ketones (excluding diaryl/α,β-unsaturated/α-hetero) is 4. The molecule has 0 amide bonds. The topological polar surface area (TPSA) is 150 Å². The van der Waals surface area contributed by atoms with Gasteiger partial charge in [0.05, 0.1) is 59.9 Å². The first-order chi connectivity index (χ1) is 52.5. The van der Waals surface area contributed by atoms with Gasteiger partial charge < -0.3 is 48.8 Å². The van der Waals surface area contributed by atoms with Crippen LogP contribution in [0.3, 0.4) is 0 Å². The van der Waals surface area contributed by atoms with E-state index in [4.69, 9.17) is 18.9 Å². The van der Waals surface area contributed by atoms with Gasteiger partial charge in [0.15, 0.2) is 23.1 Å². The fraction of sp³-hybridized carbons (Fsp3) is 0.345. The predicted molar refractivity (Wildman–Crippen MR) is 428 cm³/mol. The second-order valence-corrected chi connectivity index (χ2v) is 30.0. The van der Waals surface area contributed by atoms with Crippen LogP contribution in [0.15, 0.2) is 166 Å². The van der Waals surface area contributed by atoms with Gasteiger partial charge in [-0.3, -0.25) is 24.0 Å². The first-order valence-corrected chi connectivity index (χ1v) is 38.0. The Hall–Kier alpha value is -9.23. The minimum absolute atomic E-state index is 0.0322. The number of halogens is 8. The summed E-state index contributed by atoms with van der Waals surface area (Å²) in [6.45, 7) is 17.0. The highest BCUT2D eigenvalue weighted by Gasteiger charge is 2.36. The van der Waals surface area contributed by atoms with Crippen LogP contribution in [-0.2, 0) is 44.5 Å². The number of piperazine rings is 3. The van der Waals surface area contributed by atoms with Gasteiger partial charge in [0, 0.05) is 143 Å². The Morgan fingerprint density at radius 3 is 1.37 bits per heavy atom. The summed E-state index contributed by atoms with van der Waals surface area (Å²) < 4.78 is 97.6. The van der Waals surface area contributed by atoms with E-state index in [1.165, 1.54) is 66.7 Å². The van der Waals surface area contributed by atoms with Crippen molar-refractivity contribution in [3.05, 3.63) is 255 Å². The minimum Gasteiger partial charge on any atom is -0.496 e. The van der Waals surface area contributed by atoms with E-state index in [9.17, 15) is 50.3 Å². The SMILES string of the molecule is CN1CCNCC1.COc1cc2c(cc1Br)C/C(=C\c1cccc(C(F)(F)F)c1)C2=O.COc1cc2c(cc1Br)CCC2=O.COc1cc2c(cc1N1CCN(C)CC1)C/C(=C\c1cccc(C)c1)C2=O.COc1cc2c(cc1N1CCN(C)CC1)CC(Cc1cccc(C)c1)C2=O.O=Cc1cccc(C(F)(F)F)c1. The molecule has 23 heteroatoms.